The van der Waals surface area contributed by atoms with Crippen molar-refractivity contribution in [3.8, 4) is 17.1 Å². The molecule has 0 aliphatic heterocycles. The lowest BCUT2D eigenvalue weighted by molar-refractivity contribution is -0.399. The van der Waals surface area contributed by atoms with Gasteiger partial charge in [-0.25, -0.2) is 0 Å². The highest BCUT2D eigenvalue weighted by Gasteiger charge is 2.10. The van der Waals surface area contributed by atoms with Gasteiger partial charge in [0.1, 0.15) is 0 Å². The van der Waals surface area contributed by atoms with Crippen molar-refractivity contribution >= 4 is 11.4 Å². The van der Waals surface area contributed by atoms with E-state index in [4.69, 9.17) is 0 Å². The zero-order valence-electron chi connectivity index (χ0n) is 10.3. The number of quaternary nitrogens is 1. The zero-order valence-corrected chi connectivity index (χ0v) is 10.3. The molecule has 1 heterocycles. The van der Waals surface area contributed by atoms with Gasteiger partial charge in [0.05, 0.1) is 21.4 Å². The molecule has 0 saturated heterocycles. The Balaban J connectivity index is 0.00000200. The standard InChI is InChI=1S/C11H7N3O5.H3N/c15-11-10(14(18)19)6-5-9(12-11)7-1-3-8(4-2-7)13(16)17;/h1-6H,(H,12,15);1H3. The van der Waals surface area contributed by atoms with Crippen LogP contribution in [0.3, 0.4) is 0 Å². The molecular formula is C11H10N4O5. The fourth-order valence-electron chi connectivity index (χ4n) is 1.49. The third-order valence-corrected chi connectivity index (χ3v) is 2.41. The maximum absolute atomic E-state index is 11.4. The van der Waals surface area contributed by atoms with Gasteiger partial charge in [-0.3, -0.25) is 25.2 Å². The average molecular weight is 278 g/mol. The quantitative estimate of drug-likeness (QED) is 0.667. The highest BCUT2D eigenvalue weighted by molar-refractivity contribution is 5.63. The number of pyridine rings is 1. The Morgan fingerprint density at radius 1 is 0.900 bits per heavy atom. The molecule has 0 unspecified atom stereocenters. The molecule has 0 bridgehead atoms. The number of nitro groups is 2. The first-order chi connectivity index (χ1) is 8.99. The summed E-state index contributed by atoms with van der Waals surface area (Å²) in [5.41, 5.74) is 0.00164. The highest BCUT2D eigenvalue weighted by Crippen LogP contribution is 2.26. The topological polar surface area (TPSA) is 159 Å². The average Bonchev–Trinajstić information content (AvgIpc) is 2.38. The number of hydrogen-bond donors (Lipinski definition) is 1. The van der Waals surface area contributed by atoms with E-state index in [1.54, 1.807) is 0 Å². The molecule has 9 heteroatoms. The molecule has 0 atom stereocenters. The number of hydrogen-bond acceptors (Lipinski definition) is 6. The van der Waals surface area contributed by atoms with Crippen molar-refractivity contribution in [2.75, 3.05) is 0 Å². The number of nitro benzene ring substituents is 1. The van der Waals surface area contributed by atoms with Gasteiger partial charge in [0, 0.05) is 23.8 Å². The maximum Gasteiger partial charge on any atom is 0.280 e. The lowest BCUT2D eigenvalue weighted by Crippen LogP contribution is -2.01. The van der Waals surface area contributed by atoms with E-state index in [0.717, 1.165) is 6.07 Å². The smallest absolute Gasteiger partial charge is 0.280 e. The number of rotatable bonds is 3. The van der Waals surface area contributed by atoms with E-state index < -0.39 is 21.4 Å². The van der Waals surface area contributed by atoms with Crippen LogP contribution in [0.2, 0.25) is 0 Å². The molecule has 0 aliphatic carbocycles. The summed E-state index contributed by atoms with van der Waals surface area (Å²) in [5.74, 6) is -0.944. The van der Waals surface area contributed by atoms with Crippen LogP contribution in [-0.4, -0.2) is 14.8 Å². The Hall–Kier alpha value is -3.07. The van der Waals surface area contributed by atoms with Crippen LogP contribution in [-0.2, 0) is 0 Å². The van der Waals surface area contributed by atoms with Gasteiger partial charge >= 0.3 is 0 Å². The molecule has 1 aromatic carbocycles. The van der Waals surface area contributed by atoms with Gasteiger partial charge < -0.3 is 11.3 Å². The maximum atomic E-state index is 11.4. The second-order valence-electron chi connectivity index (χ2n) is 3.58. The first-order valence-corrected chi connectivity index (χ1v) is 5.06. The minimum atomic E-state index is -0.944. The van der Waals surface area contributed by atoms with Crippen molar-refractivity contribution < 1.29 is 15.0 Å². The fraction of sp³-hybridized carbons (Fsp3) is 0. The Bertz CT molecular complexity index is 656. The van der Waals surface area contributed by atoms with Crippen LogP contribution < -0.4 is 11.3 Å². The summed E-state index contributed by atoms with van der Waals surface area (Å²) in [6.45, 7) is 0. The Morgan fingerprint density at radius 2 is 1.50 bits per heavy atom. The second-order valence-corrected chi connectivity index (χ2v) is 3.58. The monoisotopic (exact) mass is 278 g/mol. The van der Waals surface area contributed by atoms with Crippen molar-refractivity contribution in [3.05, 3.63) is 56.6 Å². The second kappa shape index (κ2) is 5.71. The molecular weight excluding hydrogens is 268 g/mol. The van der Waals surface area contributed by atoms with Crippen LogP contribution >= 0.6 is 0 Å². The molecule has 104 valence electrons. The highest BCUT2D eigenvalue weighted by atomic mass is 16.6. The number of nitrogens with zero attached hydrogens (tertiary/aromatic N) is 3. The van der Waals surface area contributed by atoms with E-state index in [1.807, 2.05) is 0 Å². The molecule has 0 spiro atoms. The summed E-state index contributed by atoms with van der Waals surface area (Å²) >= 11 is 0. The van der Waals surface area contributed by atoms with Gasteiger partial charge in [-0.2, -0.15) is 0 Å². The first-order valence-electron chi connectivity index (χ1n) is 5.06. The van der Waals surface area contributed by atoms with Crippen LogP contribution in [0.4, 0.5) is 11.4 Å². The molecule has 20 heavy (non-hydrogen) atoms. The van der Waals surface area contributed by atoms with Gasteiger partial charge in [-0.05, 0) is 18.2 Å². The molecule has 4 N–H and O–H groups in total. The fourth-order valence-corrected chi connectivity index (χ4v) is 1.49. The third kappa shape index (κ3) is 2.84. The van der Waals surface area contributed by atoms with Crippen molar-refractivity contribution in [2.24, 2.45) is 0 Å². The molecule has 0 aliphatic rings. The summed E-state index contributed by atoms with van der Waals surface area (Å²) in [7, 11) is 0. The lowest BCUT2D eigenvalue weighted by Gasteiger charge is -2.07. The number of aromatic nitrogens is 1. The molecule has 9 nitrogen and oxygen atoms in total. The predicted molar refractivity (Wildman–Crippen MR) is 68.4 cm³/mol. The third-order valence-electron chi connectivity index (χ3n) is 2.41. The SMILES string of the molecule is O=[N+]([O-])c1ccc(-c2ccc([N+](=O)[O-])c([O-])n2)cc1.[NH4+]. The van der Waals surface area contributed by atoms with Crippen LogP contribution in [0, 0.1) is 20.2 Å². The van der Waals surface area contributed by atoms with Gasteiger partial charge in [0.25, 0.3) is 11.4 Å². The van der Waals surface area contributed by atoms with Crippen molar-refractivity contribution in [1.29, 1.82) is 0 Å². The van der Waals surface area contributed by atoms with E-state index in [-0.39, 0.29) is 17.5 Å². The van der Waals surface area contributed by atoms with Crippen LogP contribution in [0.1, 0.15) is 0 Å². The van der Waals surface area contributed by atoms with Crippen molar-refractivity contribution in [3.63, 3.8) is 0 Å². The molecule has 0 amide bonds. The number of benzene rings is 1. The van der Waals surface area contributed by atoms with E-state index in [2.05, 4.69) is 4.98 Å². The van der Waals surface area contributed by atoms with Gasteiger partial charge in [0.15, 0.2) is 0 Å². The molecule has 0 radical (unpaired) electrons. The van der Waals surface area contributed by atoms with Gasteiger partial charge in [-0.1, -0.05) is 0 Å². The Kier molecular flexibility index (Phi) is 4.28. The van der Waals surface area contributed by atoms with Crippen LogP contribution in [0.25, 0.3) is 11.3 Å². The summed E-state index contributed by atoms with van der Waals surface area (Å²) in [6, 6.07) is 7.76. The first kappa shape index (κ1) is 15.0. The minimum absolute atomic E-state index is 0. The minimum Gasteiger partial charge on any atom is -0.854 e. The van der Waals surface area contributed by atoms with Crippen LogP contribution in [0.15, 0.2) is 36.4 Å². The molecule has 1 aromatic heterocycles. The lowest BCUT2D eigenvalue weighted by atomic mass is 10.1. The predicted octanol–water partition coefficient (Wildman–Crippen LogP) is 2.01. The summed E-state index contributed by atoms with van der Waals surface area (Å²) in [6.07, 6.45) is 0. The molecule has 0 saturated carbocycles. The van der Waals surface area contributed by atoms with Gasteiger partial charge in [-0.15, -0.1) is 0 Å². The van der Waals surface area contributed by atoms with E-state index in [9.17, 15) is 25.3 Å². The van der Waals surface area contributed by atoms with E-state index in [1.165, 1.54) is 30.3 Å². The molecule has 0 fully saturated rings. The normalized spacial score (nSPS) is 9.60. The largest absolute Gasteiger partial charge is 0.854 e. The van der Waals surface area contributed by atoms with Gasteiger partial charge in [0.2, 0.25) is 0 Å². The van der Waals surface area contributed by atoms with E-state index in [0.29, 0.717) is 5.56 Å². The van der Waals surface area contributed by atoms with E-state index >= 15 is 0 Å². The molecule has 2 rings (SSSR count). The Labute approximate surface area is 112 Å². The number of non-ortho nitro benzene ring substituents is 1. The summed E-state index contributed by atoms with van der Waals surface area (Å²) in [4.78, 5) is 23.2. The zero-order chi connectivity index (χ0) is 14.0. The summed E-state index contributed by atoms with van der Waals surface area (Å²) < 4.78 is 0. The molecule has 2 aromatic rings. The Morgan fingerprint density at radius 3 is 1.95 bits per heavy atom. The van der Waals surface area contributed by atoms with Crippen molar-refractivity contribution in [1.82, 2.24) is 11.1 Å². The van der Waals surface area contributed by atoms with Crippen LogP contribution in [0.5, 0.6) is 5.88 Å². The summed E-state index contributed by atoms with van der Waals surface area (Å²) in [5, 5.41) is 32.3. The van der Waals surface area contributed by atoms with Crippen molar-refractivity contribution in [2.45, 2.75) is 0 Å².